The normalized spacial score (nSPS) is 10.4. The van der Waals surface area contributed by atoms with Crippen LogP contribution in [-0.4, -0.2) is 38.3 Å². The predicted octanol–water partition coefficient (Wildman–Crippen LogP) is 2.23. The number of hydrogen-bond acceptors (Lipinski definition) is 6. The van der Waals surface area contributed by atoms with Gasteiger partial charge in [0.05, 0.1) is 10.7 Å². The van der Waals surface area contributed by atoms with E-state index < -0.39 is 0 Å². The standard InChI is InChI=1S/C14H14ClN7/c15-12-7-4-8-16-13(12)17-9-10-18-14-19-20-21-22(14)11-5-2-1-3-6-11/h1-8H,9-10H2,(H,16,17)(H,18,19,21). The number of aromatic nitrogens is 5. The van der Waals surface area contributed by atoms with E-state index in [0.717, 1.165) is 5.69 Å². The van der Waals surface area contributed by atoms with Crippen molar-refractivity contribution in [3.8, 4) is 5.69 Å². The summed E-state index contributed by atoms with van der Waals surface area (Å²) in [7, 11) is 0. The van der Waals surface area contributed by atoms with Crippen molar-refractivity contribution in [3.63, 3.8) is 0 Å². The molecule has 7 nitrogen and oxygen atoms in total. The van der Waals surface area contributed by atoms with Crippen molar-refractivity contribution in [2.24, 2.45) is 0 Å². The molecule has 0 saturated carbocycles. The molecular formula is C14H14ClN7. The molecule has 0 fully saturated rings. The number of anilines is 2. The van der Waals surface area contributed by atoms with Gasteiger partial charge in [-0.05, 0) is 34.7 Å². The van der Waals surface area contributed by atoms with E-state index in [0.29, 0.717) is 29.9 Å². The zero-order valence-corrected chi connectivity index (χ0v) is 12.4. The first kappa shape index (κ1) is 14.3. The molecule has 0 unspecified atom stereocenters. The number of rotatable bonds is 6. The number of tetrazole rings is 1. The third-order valence-corrected chi connectivity index (χ3v) is 3.23. The summed E-state index contributed by atoms with van der Waals surface area (Å²) in [6.07, 6.45) is 1.69. The van der Waals surface area contributed by atoms with Gasteiger partial charge in [-0.2, -0.15) is 4.68 Å². The van der Waals surface area contributed by atoms with Crippen LogP contribution in [0.2, 0.25) is 5.02 Å². The number of hydrogen-bond donors (Lipinski definition) is 2. The first-order chi connectivity index (χ1) is 10.8. The van der Waals surface area contributed by atoms with E-state index >= 15 is 0 Å². The summed E-state index contributed by atoms with van der Waals surface area (Å²) in [5.41, 5.74) is 0.899. The number of pyridine rings is 1. The van der Waals surface area contributed by atoms with Crippen molar-refractivity contribution in [3.05, 3.63) is 53.7 Å². The number of nitrogens with one attached hydrogen (secondary N) is 2. The van der Waals surface area contributed by atoms with Crippen molar-refractivity contribution in [2.75, 3.05) is 23.7 Å². The van der Waals surface area contributed by atoms with Crippen molar-refractivity contribution in [1.82, 2.24) is 25.2 Å². The van der Waals surface area contributed by atoms with E-state index in [1.54, 1.807) is 23.0 Å². The van der Waals surface area contributed by atoms with Crippen LogP contribution in [0.15, 0.2) is 48.7 Å². The third-order valence-electron chi connectivity index (χ3n) is 2.93. The molecule has 3 rings (SSSR count). The van der Waals surface area contributed by atoms with Gasteiger partial charge in [0.2, 0.25) is 5.95 Å². The maximum Gasteiger partial charge on any atom is 0.247 e. The minimum atomic E-state index is 0.583. The summed E-state index contributed by atoms with van der Waals surface area (Å²) in [4.78, 5) is 4.16. The summed E-state index contributed by atoms with van der Waals surface area (Å²) in [6, 6.07) is 13.3. The first-order valence-electron chi connectivity index (χ1n) is 6.76. The average molecular weight is 316 g/mol. The number of para-hydroxylation sites is 1. The lowest BCUT2D eigenvalue weighted by atomic mass is 10.3. The molecule has 2 heterocycles. The molecule has 1 aromatic carbocycles. The highest BCUT2D eigenvalue weighted by atomic mass is 35.5. The van der Waals surface area contributed by atoms with Crippen LogP contribution in [0.1, 0.15) is 0 Å². The molecule has 2 N–H and O–H groups in total. The summed E-state index contributed by atoms with van der Waals surface area (Å²) in [5.74, 6) is 1.24. The van der Waals surface area contributed by atoms with Gasteiger partial charge in [-0.3, -0.25) is 0 Å². The molecule has 0 aliphatic rings. The molecule has 0 amide bonds. The van der Waals surface area contributed by atoms with Crippen molar-refractivity contribution in [1.29, 1.82) is 0 Å². The summed E-state index contributed by atoms with van der Waals surface area (Å²) >= 11 is 6.03. The Hall–Kier alpha value is -2.67. The first-order valence-corrected chi connectivity index (χ1v) is 7.14. The van der Waals surface area contributed by atoms with Crippen LogP contribution in [0.5, 0.6) is 0 Å². The van der Waals surface area contributed by atoms with E-state index in [2.05, 4.69) is 31.1 Å². The van der Waals surface area contributed by atoms with Gasteiger partial charge in [-0.25, -0.2) is 4.98 Å². The molecule has 3 aromatic rings. The van der Waals surface area contributed by atoms with Crippen LogP contribution < -0.4 is 10.6 Å². The Morgan fingerprint density at radius 2 is 1.82 bits per heavy atom. The van der Waals surface area contributed by atoms with Crippen molar-refractivity contribution in [2.45, 2.75) is 0 Å². The number of halogens is 1. The van der Waals surface area contributed by atoms with Crippen LogP contribution in [0.3, 0.4) is 0 Å². The number of benzene rings is 1. The van der Waals surface area contributed by atoms with Crippen LogP contribution in [0.25, 0.3) is 5.69 Å². The van der Waals surface area contributed by atoms with Gasteiger partial charge < -0.3 is 10.6 Å². The Kier molecular flexibility index (Phi) is 4.45. The lowest BCUT2D eigenvalue weighted by Crippen LogP contribution is -2.17. The molecule has 0 atom stereocenters. The minimum Gasteiger partial charge on any atom is -0.367 e. The average Bonchev–Trinajstić information content (AvgIpc) is 3.02. The summed E-state index contributed by atoms with van der Waals surface area (Å²) in [5, 5.41) is 18.6. The van der Waals surface area contributed by atoms with Crippen LogP contribution >= 0.6 is 11.6 Å². The van der Waals surface area contributed by atoms with Gasteiger partial charge >= 0.3 is 0 Å². The SMILES string of the molecule is Clc1cccnc1NCCNc1nnnn1-c1ccccc1. The molecule has 22 heavy (non-hydrogen) atoms. The molecule has 2 aromatic heterocycles. The Balaban J connectivity index is 1.57. The zero-order valence-electron chi connectivity index (χ0n) is 11.6. The van der Waals surface area contributed by atoms with Gasteiger partial charge in [0, 0.05) is 19.3 Å². The van der Waals surface area contributed by atoms with E-state index in [9.17, 15) is 0 Å². The fourth-order valence-electron chi connectivity index (χ4n) is 1.91. The van der Waals surface area contributed by atoms with Crippen LogP contribution in [-0.2, 0) is 0 Å². The Labute approximate surface area is 132 Å². The second-order valence-corrected chi connectivity index (χ2v) is 4.84. The van der Waals surface area contributed by atoms with Gasteiger partial charge in [-0.1, -0.05) is 34.9 Å². The summed E-state index contributed by atoms with van der Waals surface area (Å²) < 4.78 is 1.65. The Morgan fingerprint density at radius 1 is 1.00 bits per heavy atom. The van der Waals surface area contributed by atoms with Crippen molar-refractivity contribution >= 4 is 23.4 Å². The lowest BCUT2D eigenvalue weighted by Gasteiger charge is -2.09. The Morgan fingerprint density at radius 3 is 2.64 bits per heavy atom. The largest absolute Gasteiger partial charge is 0.367 e. The maximum absolute atomic E-state index is 6.03. The van der Waals surface area contributed by atoms with Crippen LogP contribution in [0.4, 0.5) is 11.8 Å². The molecule has 0 spiro atoms. The highest BCUT2D eigenvalue weighted by Crippen LogP contribution is 2.16. The van der Waals surface area contributed by atoms with Gasteiger partial charge in [0.25, 0.3) is 0 Å². The molecule has 0 aliphatic carbocycles. The summed E-state index contributed by atoms with van der Waals surface area (Å²) in [6.45, 7) is 1.26. The van der Waals surface area contributed by atoms with Gasteiger partial charge in [0.15, 0.2) is 0 Å². The fourth-order valence-corrected chi connectivity index (χ4v) is 2.10. The quantitative estimate of drug-likeness (QED) is 0.679. The Bertz CT molecular complexity index is 729. The fraction of sp³-hybridized carbons (Fsp3) is 0.143. The maximum atomic E-state index is 6.03. The highest BCUT2D eigenvalue weighted by Gasteiger charge is 2.06. The zero-order chi connectivity index (χ0) is 15.2. The van der Waals surface area contributed by atoms with E-state index in [1.807, 2.05) is 30.3 Å². The van der Waals surface area contributed by atoms with Gasteiger partial charge in [-0.15, -0.1) is 0 Å². The molecule has 0 radical (unpaired) electrons. The van der Waals surface area contributed by atoms with E-state index in [-0.39, 0.29) is 0 Å². The molecule has 0 bridgehead atoms. The topological polar surface area (TPSA) is 80.6 Å². The second kappa shape index (κ2) is 6.86. The second-order valence-electron chi connectivity index (χ2n) is 4.44. The monoisotopic (exact) mass is 315 g/mol. The highest BCUT2D eigenvalue weighted by molar-refractivity contribution is 6.32. The molecule has 112 valence electrons. The molecule has 0 saturated heterocycles. The van der Waals surface area contributed by atoms with Crippen molar-refractivity contribution < 1.29 is 0 Å². The minimum absolute atomic E-state index is 0.583. The predicted molar refractivity (Wildman–Crippen MR) is 85.4 cm³/mol. The van der Waals surface area contributed by atoms with Gasteiger partial charge in [0.1, 0.15) is 5.82 Å². The third kappa shape index (κ3) is 3.32. The molecule has 0 aliphatic heterocycles. The van der Waals surface area contributed by atoms with E-state index in [1.165, 1.54) is 0 Å². The number of nitrogens with zero attached hydrogens (tertiary/aromatic N) is 5. The molecule has 8 heteroatoms. The molecular weight excluding hydrogens is 302 g/mol. The smallest absolute Gasteiger partial charge is 0.247 e. The lowest BCUT2D eigenvalue weighted by molar-refractivity contribution is 0.789. The van der Waals surface area contributed by atoms with Crippen LogP contribution in [0, 0.1) is 0 Å². The van der Waals surface area contributed by atoms with E-state index in [4.69, 9.17) is 11.6 Å².